The molecule has 4 aromatic carbocycles. The third-order valence-corrected chi connectivity index (χ3v) is 8.75. The monoisotopic (exact) mass is 666 g/mol. The largest absolute Gasteiger partial charge is 0.493 e. The number of benzene rings is 4. The van der Waals surface area contributed by atoms with E-state index in [0.29, 0.717) is 54.1 Å². The van der Waals surface area contributed by atoms with Gasteiger partial charge in [-0.2, -0.15) is 0 Å². The van der Waals surface area contributed by atoms with Crippen LogP contribution in [-0.2, 0) is 11.4 Å². The normalized spacial score (nSPS) is 15.2. The first-order valence-corrected chi connectivity index (χ1v) is 15.0. The topological polar surface area (TPSA) is 51.1 Å². The van der Waals surface area contributed by atoms with Crippen LogP contribution in [0.15, 0.2) is 93.2 Å². The second kappa shape index (κ2) is 12.7. The van der Waals surface area contributed by atoms with Gasteiger partial charge in [-0.1, -0.05) is 65.7 Å². The summed E-state index contributed by atoms with van der Waals surface area (Å²) >= 11 is 17.7. The lowest BCUT2D eigenvalue weighted by molar-refractivity contribution is -0.113. The average molecular weight is 668 g/mol. The van der Waals surface area contributed by atoms with Crippen LogP contribution >= 0.6 is 50.9 Å². The number of thioether (sulfide) groups is 1. The van der Waals surface area contributed by atoms with Crippen molar-refractivity contribution in [2.75, 3.05) is 12.0 Å². The van der Waals surface area contributed by atoms with Gasteiger partial charge in [0.25, 0.3) is 5.91 Å². The molecule has 0 aromatic heterocycles. The van der Waals surface area contributed by atoms with Crippen LogP contribution < -0.4 is 14.4 Å². The van der Waals surface area contributed by atoms with E-state index in [1.165, 1.54) is 11.8 Å². The number of hydrogen-bond donors (Lipinski definition) is 0. The van der Waals surface area contributed by atoms with Crippen LogP contribution in [0, 0.1) is 13.8 Å². The van der Waals surface area contributed by atoms with Crippen LogP contribution in [0.4, 0.5) is 11.4 Å². The summed E-state index contributed by atoms with van der Waals surface area (Å²) in [5.41, 5.74) is 4.94. The third kappa shape index (κ3) is 6.65. The molecule has 1 amide bonds. The molecule has 208 valence electrons. The van der Waals surface area contributed by atoms with Gasteiger partial charge < -0.3 is 9.47 Å². The van der Waals surface area contributed by atoms with Gasteiger partial charge in [0.15, 0.2) is 16.7 Å². The molecule has 0 aliphatic carbocycles. The lowest BCUT2D eigenvalue weighted by Crippen LogP contribution is -2.28. The van der Waals surface area contributed by atoms with Crippen molar-refractivity contribution >= 4 is 79.4 Å². The third-order valence-electron chi connectivity index (χ3n) is 6.38. The summed E-state index contributed by atoms with van der Waals surface area (Å²) in [5, 5.41) is 1.67. The minimum absolute atomic E-state index is 0.216. The van der Waals surface area contributed by atoms with Crippen molar-refractivity contribution < 1.29 is 14.3 Å². The van der Waals surface area contributed by atoms with Crippen molar-refractivity contribution in [3.05, 3.63) is 121 Å². The highest BCUT2D eigenvalue weighted by molar-refractivity contribution is 9.10. The Kier molecular flexibility index (Phi) is 9.09. The van der Waals surface area contributed by atoms with Crippen molar-refractivity contribution in [3.63, 3.8) is 0 Å². The zero-order chi connectivity index (χ0) is 29.1. The van der Waals surface area contributed by atoms with Crippen LogP contribution in [0.5, 0.6) is 11.5 Å². The Balaban J connectivity index is 1.51. The molecule has 0 spiro atoms. The molecule has 0 bridgehead atoms. The summed E-state index contributed by atoms with van der Waals surface area (Å²) in [7, 11) is 1.59. The lowest BCUT2D eigenvalue weighted by Gasteiger charge is -2.17. The first-order chi connectivity index (χ1) is 19.7. The van der Waals surface area contributed by atoms with Crippen molar-refractivity contribution in [1.82, 2.24) is 0 Å². The Morgan fingerprint density at radius 3 is 2.34 bits per heavy atom. The fourth-order valence-electron chi connectivity index (χ4n) is 4.10. The van der Waals surface area contributed by atoms with Crippen LogP contribution in [0.1, 0.15) is 22.3 Å². The van der Waals surface area contributed by atoms with E-state index in [1.54, 1.807) is 24.1 Å². The number of halogens is 3. The van der Waals surface area contributed by atoms with E-state index in [9.17, 15) is 4.79 Å². The van der Waals surface area contributed by atoms with Crippen LogP contribution in [0.3, 0.4) is 0 Å². The van der Waals surface area contributed by atoms with Gasteiger partial charge in [0.1, 0.15) is 6.61 Å². The van der Waals surface area contributed by atoms with Crippen LogP contribution in [0.25, 0.3) is 6.08 Å². The van der Waals surface area contributed by atoms with Gasteiger partial charge in [-0.15, -0.1) is 0 Å². The van der Waals surface area contributed by atoms with E-state index in [1.807, 2.05) is 86.7 Å². The molecule has 0 atom stereocenters. The number of anilines is 1. The smallest absolute Gasteiger partial charge is 0.271 e. The molecule has 4 aromatic rings. The Morgan fingerprint density at radius 1 is 0.951 bits per heavy atom. The van der Waals surface area contributed by atoms with Crippen LogP contribution in [0.2, 0.25) is 10.0 Å². The van der Waals surface area contributed by atoms with Crippen molar-refractivity contribution in [2.45, 2.75) is 20.5 Å². The molecule has 0 unspecified atom stereocenters. The standard InChI is InChI=1S/C32H25BrCl2N2O3S/c1-19-9-11-23(16-26(19)34)36-32-37(24-12-10-20(2)27(35)17-24)31(38)29(41-32)15-22-13-25(33)30(28(14-22)39-3)40-18-21-7-5-4-6-8-21/h4-17H,18H2,1-3H3/b29-15+,36-32?. The highest BCUT2D eigenvalue weighted by Gasteiger charge is 2.35. The molecule has 0 radical (unpaired) electrons. The number of nitrogens with zero attached hydrogens (tertiary/aromatic N) is 2. The quantitative estimate of drug-likeness (QED) is 0.184. The molecular weight excluding hydrogens is 643 g/mol. The summed E-state index contributed by atoms with van der Waals surface area (Å²) in [6.07, 6.45) is 1.81. The van der Waals surface area contributed by atoms with Crippen LogP contribution in [-0.4, -0.2) is 18.2 Å². The summed E-state index contributed by atoms with van der Waals surface area (Å²) in [6, 6.07) is 24.7. The van der Waals surface area contributed by atoms with E-state index < -0.39 is 0 Å². The molecule has 1 aliphatic heterocycles. The molecule has 41 heavy (non-hydrogen) atoms. The Hall–Kier alpha value is -3.23. The fourth-order valence-corrected chi connectivity index (χ4v) is 6.03. The molecule has 1 fully saturated rings. The minimum atomic E-state index is -0.216. The number of ether oxygens (including phenoxy) is 2. The first-order valence-electron chi connectivity index (χ1n) is 12.6. The van der Waals surface area contributed by atoms with Gasteiger partial charge in [-0.05, 0) is 106 Å². The molecule has 1 aliphatic rings. The fraction of sp³-hybridized carbons (Fsp3) is 0.125. The SMILES string of the molecule is COc1cc(/C=C2/SC(=Nc3ccc(C)c(Cl)c3)N(c3ccc(C)c(Cl)c3)C2=O)cc(Br)c1OCc1ccccc1. The van der Waals surface area contributed by atoms with Crippen molar-refractivity contribution in [3.8, 4) is 11.5 Å². The van der Waals surface area contributed by atoms with Crippen molar-refractivity contribution in [2.24, 2.45) is 4.99 Å². The highest BCUT2D eigenvalue weighted by Crippen LogP contribution is 2.41. The first kappa shape index (κ1) is 29.3. The number of rotatable bonds is 7. The lowest BCUT2D eigenvalue weighted by atomic mass is 10.1. The maximum atomic E-state index is 13.8. The van der Waals surface area contributed by atoms with E-state index in [-0.39, 0.29) is 5.91 Å². The predicted molar refractivity (Wildman–Crippen MR) is 174 cm³/mol. The Morgan fingerprint density at radius 2 is 1.66 bits per heavy atom. The number of aryl methyl sites for hydroxylation is 2. The van der Waals surface area contributed by atoms with E-state index in [0.717, 1.165) is 22.3 Å². The van der Waals surface area contributed by atoms with Gasteiger partial charge >= 0.3 is 0 Å². The molecule has 0 saturated carbocycles. The molecule has 1 heterocycles. The van der Waals surface area contributed by atoms with Gasteiger partial charge in [0, 0.05) is 10.0 Å². The average Bonchev–Trinajstić information content (AvgIpc) is 3.25. The second-order valence-corrected chi connectivity index (χ2v) is 12.0. The van der Waals surface area contributed by atoms with Crippen molar-refractivity contribution in [1.29, 1.82) is 0 Å². The number of amidine groups is 1. The summed E-state index contributed by atoms with van der Waals surface area (Å²) in [4.78, 5) is 20.7. The van der Waals surface area contributed by atoms with E-state index >= 15 is 0 Å². The summed E-state index contributed by atoms with van der Waals surface area (Å²) in [6.45, 7) is 4.24. The number of hydrogen-bond acceptors (Lipinski definition) is 5. The number of methoxy groups -OCH3 is 1. The molecule has 1 saturated heterocycles. The predicted octanol–water partition coefficient (Wildman–Crippen LogP) is 9.77. The van der Waals surface area contributed by atoms with Gasteiger partial charge in [0.2, 0.25) is 0 Å². The molecule has 5 nitrogen and oxygen atoms in total. The summed E-state index contributed by atoms with van der Waals surface area (Å²) < 4.78 is 12.4. The van der Waals surface area contributed by atoms with E-state index in [4.69, 9.17) is 37.7 Å². The number of amides is 1. The summed E-state index contributed by atoms with van der Waals surface area (Å²) in [5.74, 6) is 0.910. The number of carbonyl (C=O) groups excluding carboxylic acids is 1. The minimum Gasteiger partial charge on any atom is -0.493 e. The molecular formula is C32H25BrCl2N2O3S. The molecule has 9 heteroatoms. The Bertz CT molecular complexity index is 1690. The Labute approximate surface area is 261 Å². The second-order valence-electron chi connectivity index (χ2n) is 9.32. The van der Waals surface area contributed by atoms with E-state index in [2.05, 4.69) is 15.9 Å². The zero-order valence-corrected chi connectivity index (χ0v) is 26.4. The van der Waals surface area contributed by atoms with Gasteiger partial charge in [-0.3, -0.25) is 9.69 Å². The molecule has 0 N–H and O–H groups in total. The van der Waals surface area contributed by atoms with Gasteiger partial charge in [0.05, 0.1) is 27.9 Å². The maximum absolute atomic E-state index is 13.8. The maximum Gasteiger partial charge on any atom is 0.271 e. The molecule has 5 rings (SSSR count). The number of carbonyl (C=O) groups is 1. The zero-order valence-electron chi connectivity index (χ0n) is 22.5. The number of aliphatic imine (C=N–C) groups is 1. The highest BCUT2D eigenvalue weighted by atomic mass is 79.9. The van der Waals surface area contributed by atoms with Gasteiger partial charge in [-0.25, -0.2) is 4.99 Å².